The normalized spacial score (nSPS) is 16.0. The average molecular weight is 418 g/mol. The van der Waals surface area contributed by atoms with Gasteiger partial charge in [0.1, 0.15) is 11.8 Å². The molecule has 0 bridgehead atoms. The minimum Gasteiger partial charge on any atom is -0.494 e. The number of rotatable bonds is 9. The van der Waals surface area contributed by atoms with Gasteiger partial charge in [-0.2, -0.15) is 4.98 Å². The van der Waals surface area contributed by atoms with Crippen molar-refractivity contribution >= 4 is 12.0 Å². The number of ether oxygens (including phenoxy) is 1. The highest BCUT2D eigenvalue weighted by atomic mass is 16.5. The maximum atomic E-state index is 12.5. The minimum atomic E-state index is -0.204. The summed E-state index contributed by atoms with van der Waals surface area (Å²) in [6, 6.07) is 15.5. The molecule has 2 aromatic carbocycles. The zero-order valence-electron chi connectivity index (χ0n) is 17.8. The first-order valence-electron chi connectivity index (χ1n) is 10.8. The second-order valence-electron chi connectivity index (χ2n) is 7.70. The third-order valence-corrected chi connectivity index (χ3v) is 5.50. The zero-order valence-corrected chi connectivity index (χ0v) is 17.8. The van der Waals surface area contributed by atoms with Crippen molar-refractivity contribution < 1.29 is 14.1 Å². The molecule has 6 nitrogen and oxygen atoms in total. The fourth-order valence-corrected chi connectivity index (χ4v) is 3.67. The van der Waals surface area contributed by atoms with Crippen LogP contribution in [0.4, 0.5) is 0 Å². The van der Waals surface area contributed by atoms with Gasteiger partial charge in [-0.1, -0.05) is 55.4 Å². The second-order valence-corrected chi connectivity index (χ2v) is 7.70. The zero-order chi connectivity index (χ0) is 21.6. The Morgan fingerprint density at radius 2 is 1.97 bits per heavy atom. The molecule has 4 rings (SSSR count). The predicted octanol–water partition coefficient (Wildman–Crippen LogP) is 5.42. The highest BCUT2D eigenvalue weighted by Gasteiger charge is 2.36. The summed E-state index contributed by atoms with van der Waals surface area (Å²) >= 11 is 0. The van der Waals surface area contributed by atoms with Gasteiger partial charge in [0.05, 0.1) is 6.61 Å². The average Bonchev–Trinajstić information content (AvgIpc) is 3.42. The van der Waals surface area contributed by atoms with E-state index in [2.05, 4.69) is 23.6 Å². The van der Waals surface area contributed by atoms with Gasteiger partial charge in [-0.05, 0) is 48.2 Å². The first-order valence-corrected chi connectivity index (χ1v) is 10.8. The van der Waals surface area contributed by atoms with Crippen molar-refractivity contribution in [1.29, 1.82) is 0 Å². The van der Waals surface area contributed by atoms with Gasteiger partial charge in [0.2, 0.25) is 17.6 Å². The fraction of sp³-hybridized carbons (Fsp3) is 0.320. The first-order chi connectivity index (χ1) is 15.2. The Kier molecular flexibility index (Phi) is 6.46. The predicted molar refractivity (Wildman–Crippen MR) is 119 cm³/mol. The number of amides is 1. The molecule has 0 N–H and O–H groups in total. The van der Waals surface area contributed by atoms with Crippen LogP contribution in [-0.4, -0.2) is 27.6 Å². The lowest BCUT2D eigenvalue weighted by molar-refractivity contribution is -0.129. The lowest BCUT2D eigenvalue weighted by Gasteiger charge is -2.22. The Morgan fingerprint density at radius 3 is 2.68 bits per heavy atom. The van der Waals surface area contributed by atoms with Crippen LogP contribution in [0.15, 0.2) is 59.6 Å². The number of carbonyl (C=O) groups is 1. The van der Waals surface area contributed by atoms with Crippen LogP contribution in [0.3, 0.4) is 0 Å². The number of unbranched alkanes of at least 4 members (excludes halogenated alkanes) is 1. The third kappa shape index (κ3) is 4.85. The second kappa shape index (κ2) is 9.60. The van der Waals surface area contributed by atoms with Crippen molar-refractivity contribution in [3.63, 3.8) is 0 Å². The quantitative estimate of drug-likeness (QED) is 0.435. The van der Waals surface area contributed by atoms with E-state index in [0.29, 0.717) is 37.7 Å². The molecule has 1 aliphatic heterocycles. The number of nitrogens with zero attached hydrogens (tertiary/aromatic N) is 3. The highest BCUT2D eigenvalue weighted by molar-refractivity contribution is 5.79. The number of hydrogen-bond acceptors (Lipinski definition) is 5. The van der Waals surface area contributed by atoms with Crippen molar-refractivity contribution in [2.24, 2.45) is 0 Å². The van der Waals surface area contributed by atoms with Crippen LogP contribution in [0.1, 0.15) is 55.7 Å². The van der Waals surface area contributed by atoms with Crippen molar-refractivity contribution in [2.75, 3.05) is 6.61 Å². The molecule has 6 heteroatoms. The Hall–Kier alpha value is -3.41. The maximum absolute atomic E-state index is 12.5. The molecule has 3 aromatic rings. The van der Waals surface area contributed by atoms with E-state index >= 15 is 0 Å². The summed E-state index contributed by atoms with van der Waals surface area (Å²) in [6.07, 6.45) is 5.10. The van der Waals surface area contributed by atoms with Crippen molar-refractivity contribution in [2.45, 2.75) is 45.2 Å². The van der Waals surface area contributed by atoms with Crippen molar-refractivity contribution in [3.8, 4) is 17.1 Å². The number of aromatic nitrogens is 2. The molecule has 0 spiro atoms. The van der Waals surface area contributed by atoms with E-state index in [0.717, 1.165) is 35.3 Å². The van der Waals surface area contributed by atoms with Gasteiger partial charge in [-0.25, -0.2) is 0 Å². The largest absolute Gasteiger partial charge is 0.494 e. The van der Waals surface area contributed by atoms with E-state index in [1.54, 1.807) is 6.08 Å². The van der Waals surface area contributed by atoms with Crippen LogP contribution in [0.25, 0.3) is 17.5 Å². The highest BCUT2D eigenvalue weighted by Crippen LogP contribution is 2.34. The van der Waals surface area contributed by atoms with E-state index in [9.17, 15) is 4.79 Å². The maximum Gasteiger partial charge on any atom is 0.249 e. The van der Waals surface area contributed by atoms with E-state index in [1.807, 2.05) is 53.4 Å². The van der Waals surface area contributed by atoms with Crippen LogP contribution in [0, 0.1) is 0 Å². The van der Waals surface area contributed by atoms with Gasteiger partial charge in [0.15, 0.2) is 0 Å². The standard InChI is InChI=1S/C25H27N3O3/c1-3-5-16-30-21-12-10-20(11-13-21)24-26-25(31-27-24)22-14-15-23(29)28(22)17-19-8-6-18(4-2)7-9-19/h4,6-13,22H,2-3,5,14-17H2,1H3. The summed E-state index contributed by atoms with van der Waals surface area (Å²) in [5.41, 5.74) is 2.97. The summed E-state index contributed by atoms with van der Waals surface area (Å²) < 4.78 is 11.3. The van der Waals surface area contributed by atoms with Crippen molar-refractivity contribution in [3.05, 3.63) is 72.1 Å². The van der Waals surface area contributed by atoms with Crippen LogP contribution in [0.2, 0.25) is 0 Å². The van der Waals surface area contributed by atoms with E-state index in [-0.39, 0.29) is 11.9 Å². The fourth-order valence-electron chi connectivity index (χ4n) is 3.67. The SMILES string of the molecule is C=Cc1ccc(CN2C(=O)CCC2c2nc(-c3ccc(OCCCC)cc3)no2)cc1. The lowest BCUT2D eigenvalue weighted by atomic mass is 10.1. The van der Waals surface area contributed by atoms with Crippen LogP contribution in [-0.2, 0) is 11.3 Å². The molecule has 2 heterocycles. The number of carbonyl (C=O) groups excluding carboxylic acids is 1. The Labute approximate surface area is 182 Å². The van der Waals surface area contributed by atoms with Gasteiger partial charge in [-0.15, -0.1) is 0 Å². The molecule has 1 saturated heterocycles. The summed E-state index contributed by atoms with van der Waals surface area (Å²) in [7, 11) is 0. The molecule has 160 valence electrons. The topological polar surface area (TPSA) is 68.5 Å². The van der Waals surface area contributed by atoms with E-state index in [1.165, 1.54) is 0 Å². The Balaban J connectivity index is 1.46. The smallest absolute Gasteiger partial charge is 0.249 e. The summed E-state index contributed by atoms with van der Waals surface area (Å²) in [5.74, 6) is 1.93. The molecule has 0 aliphatic carbocycles. The summed E-state index contributed by atoms with van der Waals surface area (Å²) in [4.78, 5) is 18.9. The van der Waals surface area contributed by atoms with Crippen molar-refractivity contribution in [1.82, 2.24) is 15.0 Å². The first kappa shape index (κ1) is 20.8. The van der Waals surface area contributed by atoms with Gasteiger partial charge in [0, 0.05) is 18.5 Å². The molecule has 1 amide bonds. The van der Waals surface area contributed by atoms with E-state index in [4.69, 9.17) is 9.26 Å². The number of benzene rings is 2. The Morgan fingerprint density at radius 1 is 1.19 bits per heavy atom. The molecule has 1 unspecified atom stereocenters. The molecule has 0 radical (unpaired) electrons. The minimum absolute atomic E-state index is 0.103. The van der Waals surface area contributed by atoms with Crippen LogP contribution >= 0.6 is 0 Å². The molecule has 1 fully saturated rings. The molecule has 0 saturated carbocycles. The monoisotopic (exact) mass is 417 g/mol. The van der Waals surface area contributed by atoms with Crippen LogP contribution < -0.4 is 4.74 Å². The summed E-state index contributed by atoms with van der Waals surface area (Å²) in [6.45, 7) is 7.14. The van der Waals surface area contributed by atoms with Gasteiger partial charge in [0.25, 0.3) is 0 Å². The molecule has 1 atom stereocenters. The summed E-state index contributed by atoms with van der Waals surface area (Å²) in [5, 5.41) is 4.15. The van der Waals surface area contributed by atoms with Gasteiger partial charge < -0.3 is 14.2 Å². The number of likely N-dealkylation sites (tertiary alicyclic amines) is 1. The number of hydrogen-bond donors (Lipinski definition) is 0. The molecule has 1 aromatic heterocycles. The molecular weight excluding hydrogens is 390 g/mol. The van der Waals surface area contributed by atoms with Crippen LogP contribution in [0.5, 0.6) is 5.75 Å². The molecule has 1 aliphatic rings. The third-order valence-electron chi connectivity index (χ3n) is 5.50. The lowest BCUT2D eigenvalue weighted by Crippen LogP contribution is -2.27. The van der Waals surface area contributed by atoms with Gasteiger partial charge >= 0.3 is 0 Å². The Bertz CT molecular complexity index is 1020. The van der Waals surface area contributed by atoms with E-state index < -0.39 is 0 Å². The molecule has 31 heavy (non-hydrogen) atoms. The van der Waals surface area contributed by atoms with Gasteiger partial charge in [-0.3, -0.25) is 4.79 Å². The molecular formula is C25H27N3O3.